The fraction of sp³-hybridized carbons (Fsp3) is 0.417. The Hall–Kier alpha value is -2.66. The first-order chi connectivity index (χ1) is 14.0. The van der Waals surface area contributed by atoms with E-state index in [-0.39, 0.29) is 23.8 Å². The molecule has 0 aliphatic carbocycles. The van der Waals surface area contributed by atoms with Gasteiger partial charge in [-0.05, 0) is 57.5 Å². The summed E-state index contributed by atoms with van der Waals surface area (Å²) in [5.74, 6) is -0.00603. The molecule has 2 amide bonds. The first-order valence-electron chi connectivity index (χ1n) is 10.5. The molecule has 0 unspecified atom stereocenters. The number of likely N-dealkylation sites (tertiary alicyclic amines) is 1. The Kier molecular flexibility index (Phi) is 7.42. The quantitative estimate of drug-likeness (QED) is 0.758. The number of amides is 2. The van der Waals surface area contributed by atoms with Gasteiger partial charge in [-0.2, -0.15) is 0 Å². The zero-order chi connectivity index (χ0) is 20.6. The minimum absolute atomic E-state index is 0.0475. The van der Waals surface area contributed by atoms with Crippen molar-refractivity contribution >= 4 is 11.8 Å². The van der Waals surface area contributed by atoms with Crippen molar-refractivity contribution < 1.29 is 9.59 Å². The summed E-state index contributed by atoms with van der Waals surface area (Å²) in [5, 5.41) is 6.15. The molecule has 0 saturated carbocycles. The van der Waals surface area contributed by atoms with Crippen LogP contribution in [0.25, 0.3) is 0 Å². The van der Waals surface area contributed by atoms with Crippen molar-refractivity contribution in [3.05, 3.63) is 71.8 Å². The van der Waals surface area contributed by atoms with Gasteiger partial charge >= 0.3 is 0 Å². The molecule has 1 saturated heterocycles. The monoisotopic (exact) mass is 393 g/mol. The number of carbonyl (C=O) groups excluding carboxylic acids is 2. The first kappa shape index (κ1) is 21.1. The van der Waals surface area contributed by atoms with Crippen molar-refractivity contribution in [2.24, 2.45) is 5.92 Å². The lowest BCUT2D eigenvalue weighted by molar-refractivity contribution is -0.126. The molecule has 154 valence electrons. The summed E-state index contributed by atoms with van der Waals surface area (Å²) in [4.78, 5) is 27.8. The van der Waals surface area contributed by atoms with Gasteiger partial charge < -0.3 is 15.5 Å². The molecule has 29 heavy (non-hydrogen) atoms. The molecule has 0 spiro atoms. The highest BCUT2D eigenvalue weighted by atomic mass is 16.2. The van der Waals surface area contributed by atoms with Crippen LogP contribution >= 0.6 is 0 Å². The van der Waals surface area contributed by atoms with Crippen LogP contribution in [0.15, 0.2) is 60.7 Å². The van der Waals surface area contributed by atoms with E-state index in [0.717, 1.165) is 31.5 Å². The van der Waals surface area contributed by atoms with Gasteiger partial charge in [0.2, 0.25) is 5.91 Å². The lowest BCUT2D eigenvalue weighted by Gasteiger charge is -2.34. The van der Waals surface area contributed by atoms with Gasteiger partial charge in [0, 0.05) is 24.1 Å². The van der Waals surface area contributed by atoms with E-state index in [9.17, 15) is 9.59 Å². The van der Waals surface area contributed by atoms with Crippen LogP contribution in [0.4, 0.5) is 0 Å². The highest BCUT2D eigenvalue weighted by Gasteiger charge is 2.26. The van der Waals surface area contributed by atoms with Crippen LogP contribution in [0.1, 0.15) is 48.7 Å². The predicted molar refractivity (Wildman–Crippen MR) is 116 cm³/mol. The third kappa shape index (κ3) is 5.91. The maximum absolute atomic E-state index is 12.7. The molecule has 3 rings (SSSR count). The van der Waals surface area contributed by atoms with E-state index < -0.39 is 0 Å². The highest BCUT2D eigenvalue weighted by molar-refractivity contribution is 5.94. The standard InChI is InChI=1S/C24H31N3O2/c1-18(2)27-15-13-21(14-16-27)23(28)25-17-22(19-9-5-3-6-10-19)26-24(29)20-11-7-4-8-12-20/h3-12,18,21-22H,13-17H2,1-2H3,(H,25,28)(H,26,29)/t22-/m0/s1. The Morgan fingerprint density at radius 3 is 2.14 bits per heavy atom. The van der Waals surface area contributed by atoms with Crippen LogP contribution < -0.4 is 10.6 Å². The van der Waals surface area contributed by atoms with E-state index >= 15 is 0 Å². The number of nitrogens with zero attached hydrogens (tertiary/aromatic N) is 1. The van der Waals surface area contributed by atoms with Gasteiger partial charge in [-0.1, -0.05) is 48.5 Å². The van der Waals surface area contributed by atoms with Crippen molar-refractivity contribution in [1.82, 2.24) is 15.5 Å². The summed E-state index contributed by atoms with van der Waals surface area (Å²) < 4.78 is 0. The Balaban J connectivity index is 1.60. The van der Waals surface area contributed by atoms with Crippen LogP contribution in [-0.4, -0.2) is 42.4 Å². The molecular weight excluding hydrogens is 362 g/mol. The number of nitrogens with one attached hydrogen (secondary N) is 2. The molecule has 0 radical (unpaired) electrons. The van der Waals surface area contributed by atoms with Gasteiger partial charge in [0.05, 0.1) is 6.04 Å². The van der Waals surface area contributed by atoms with E-state index in [4.69, 9.17) is 0 Å². The topological polar surface area (TPSA) is 61.4 Å². The van der Waals surface area contributed by atoms with Crippen molar-refractivity contribution in [1.29, 1.82) is 0 Å². The number of hydrogen-bond donors (Lipinski definition) is 2. The van der Waals surface area contributed by atoms with Crippen LogP contribution in [0.5, 0.6) is 0 Å². The smallest absolute Gasteiger partial charge is 0.251 e. The van der Waals surface area contributed by atoms with Crippen molar-refractivity contribution in [3.63, 3.8) is 0 Å². The molecule has 5 nitrogen and oxygen atoms in total. The lowest BCUT2D eigenvalue weighted by atomic mass is 9.95. The number of rotatable bonds is 7. The number of hydrogen-bond acceptors (Lipinski definition) is 3. The number of carbonyl (C=O) groups is 2. The van der Waals surface area contributed by atoms with Crippen molar-refractivity contribution in [2.75, 3.05) is 19.6 Å². The molecule has 1 heterocycles. The van der Waals surface area contributed by atoms with Crippen molar-refractivity contribution in [2.45, 2.75) is 38.8 Å². The molecule has 5 heteroatoms. The molecule has 0 bridgehead atoms. The van der Waals surface area contributed by atoms with Crippen LogP contribution in [0, 0.1) is 5.92 Å². The molecule has 2 aromatic rings. The Morgan fingerprint density at radius 2 is 1.55 bits per heavy atom. The minimum atomic E-state index is -0.274. The largest absolute Gasteiger partial charge is 0.353 e. The molecular formula is C24H31N3O2. The highest BCUT2D eigenvalue weighted by Crippen LogP contribution is 2.20. The average molecular weight is 394 g/mol. The predicted octanol–water partition coefficient (Wildman–Crippen LogP) is 3.39. The second kappa shape index (κ2) is 10.2. The second-order valence-electron chi connectivity index (χ2n) is 7.95. The normalized spacial score (nSPS) is 16.4. The van der Waals surface area contributed by atoms with Crippen molar-refractivity contribution in [3.8, 4) is 0 Å². The summed E-state index contributed by atoms with van der Waals surface area (Å²) in [6.45, 7) is 6.69. The van der Waals surface area contributed by atoms with E-state index in [2.05, 4.69) is 29.4 Å². The van der Waals surface area contributed by atoms with Gasteiger partial charge in [-0.25, -0.2) is 0 Å². The Labute approximate surface area is 173 Å². The van der Waals surface area contributed by atoms with E-state index in [1.807, 2.05) is 48.5 Å². The summed E-state index contributed by atoms with van der Waals surface area (Å²) >= 11 is 0. The molecule has 2 aromatic carbocycles. The van der Waals surface area contributed by atoms with E-state index in [1.54, 1.807) is 12.1 Å². The number of piperidine rings is 1. The van der Waals surface area contributed by atoms with Crippen LogP contribution in [0.2, 0.25) is 0 Å². The summed E-state index contributed by atoms with van der Waals surface area (Å²) in [6, 6.07) is 19.2. The SMILES string of the molecule is CC(C)N1CCC(C(=O)NC[C@H](NC(=O)c2ccccc2)c2ccccc2)CC1. The minimum Gasteiger partial charge on any atom is -0.353 e. The lowest BCUT2D eigenvalue weighted by Crippen LogP contribution is -2.45. The Morgan fingerprint density at radius 1 is 0.966 bits per heavy atom. The first-order valence-corrected chi connectivity index (χ1v) is 10.5. The van der Waals surface area contributed by atoms with E-state index in [0.29, 0.717) is 18.2 Å². The maximum atomic E-state index is 12.7. The maximum Gasteiger partial charge on any atom is 0.251 e. The van der Waals surface area contributed by atoms with Gasteiger partial charge in [0.1, 0.15) is 0 Å². The third-order valence-electron chi connectivity index (χ3n) is 5.65. The second-order valence-corrected chi connectivity index (χ2v) is 7.95. The molecule has 1 aliphatic rings. The zero-order valence-electron chi connectivity index (χ0n) is 17.3. The number of benzene rings is 2. The summed E-state index contributed by atoms with van der Waals surface area (Å²) in [7, 11) is 0. The van der Waals surface area contributed by atoms with Crippen LogP contribution in [0.3, 0.4) is 0 Å². The van der Waals surface area contributed by atoms with Crippen LogP contribution in [-0.2, 0) is 4.79 Å². The van der Waals surface area contributed by atoms with Gasteiger partial charge in [-0.15, -0.1) is 0 Å². The third-order valence-corrected chi connectivity index (χ3v) is 5.65. The summed E-state index contributed by atoms with van der Waals surface area (Å²) in [5.41, 5.74) is 1.59. The summed E-state index contributed by atoms with van der Waals surface area (Å²) in [6.07, 6.45) is 1.77. The molecule has 1 aliphatic heterocycles. The molecule has 1 fully saturated rings. The molecule has 2 N–H and O–H groups in total. The van der Waals surface area contributed by atoms with Gasteiger partial charge in [-0.3, -0.25) is 9.59 Å². The van der Waals surface area contributed by atoms with Gasteiger partial charge in [0.15, 0.2) is 0 Å². The Bertz CT molecular complexity index is 784. The fourth-order valence-corrected chi connectivity index (χ4v) is 3.79. The molecule has 0 aromatic heterocycles. The van der Waals surface area contributed by atoms with E-state index in [1.165, 1.54) is 0 Å². The fourth-order valence-electron chi connectivity index (χ4n) is 3.79. The molecule has 1 atom stereocenters. The average Bonchev–Trinajstić information content (AvgIpc) is 2.77. The van der Waals surface area contributed by atoms with Gasteiger partial charge in [0.25, 0.3) is 5.91 Å². The zero-order valence-corrected chi connectivity index (χ0v) is 17.3.